The van der Waals surface area contributed by atoms with E-state index in [0.29, 0.717) is 0 Å². The maximum atomic E-state index is 9.81. The minimum absolute atomic E-state index is 1.08. The molecule has 7 heavy (non-hydrogen) atoms. The first-order valence-corrected chi connectivity index (χ1v) is 3.56. The Hall–Kier alpha value is -0.0466. The van der Waals surface area contributed by atoms with Crippen molar-refractivity contribution in [2.24, 2.45) is 0 Å². The second-order valence-corrected chi connectivity index (χ2v) is 0.919. The van der Waals surface area contributed by atoms with Gasteiger partial charge in [-0.1, -0.05) is 0 Å². The molecule has 0 amide bonds. The normalized spacial score (nSPS) is 5.00. The van der Waals surface area contributed by atoms with Crippen LogP contribution in [-0.2, 0) is 22.9 Å². The van der Waals surface area contributed by atoms with Crippen LogP contribution >= 0.6 is 0 Å². The molecule has 0 rings (SSSR count). The van der Waals surface area contributed by atoms with Gasteiger partial charge in [-0.05, 0) is 0 Å². The van der Waals surface area contributed by atoms with Gasteiger partial charge < -0.3 is 5.11 Å². The number of carboxylic acid groups (broad SMARTS) is 1. The molecule has 0 fully saturated rings. The summed E-state index contributed by atoms with van der Waals surface area (Å²) < 4.78 is 19.6. The third-order valence-electron chi connectivity index (χ3n) is 0. The van der Waals surface area contributed by atoms with Gasteiger partial charge >= 0.3 is 30.7 Å². The SMILES string of the molecule is [CH2]C(=O)O.[F][Zn][F]. The van der Waals surface area contributed by atoms with Crippen molar-refractivity contribution in [3.8, 4) is 0 Å². The maximum absolute atomic E-state index is 9.81. The van der Waals surface area contributed by atoms with Crippen LogP contribution in [0.5, 0.6) is 0 Å². The van der Waals surface area contributed by atoms with Gasteiger partial charge in [-0.3, -0.25) is 4.79 Å². The fourth-order valence-electron chi connectivity index (χ4n) is 0. The molecule has 5 heteroatoms. The fraction of sp³-hybridized carbons (Fsp3) is 0. The van der Waals surface area contributed by atoms with Gasteiger partial charge in [0.1, 0.15) is 0 Å². The first-order chi connectivity index (χ1) is 3.15. The van der Waals surface area contributed by atoms with Crippen molar-refractivity contribution in [1.29, 1.82) is 0 Å². The zero-order valence-electron chi connectivity index (χ0n) is 3.53. The van der Waals surface area contributed by atoms with E-state index < -0.39 is 24.1 Å². The molecule has 1 radical (unpaired) electrons. The van der Waals surface area contributed by atoms with E-state index in [0.717, 1.165) is 0 Å². The Labute approximate surface area is 48.3 Å². The van der Waals surface area contributed by atoms with Crippen LogP contribution in [-0.4, -0.2) is 11.1 Å². The van der Waals surface area contributed by atoms with Crippen LogP contribution in [0, 0.1) is 6.92 Å². The molecule has 0 aromatic heterocycles. The quantitative estimate of drug-likeness (QED) is 0.534. The molecule has 0 atom stereocenters. The van der Waals surface area contributed by atoms with Crippen LogP contribution in [0.4, 0.5) is 6.63 Å². The fourth-order valence-corrected chi connectivity index (χ4v) is 0. The van der Waals surface area contributed by atoms with Crippen molar-refractivity contribution in [1.82, 2.24) is 0 Å². The second kappa shape index (κ2) is 9.35. The summed E-state index contributed by atoms with van der Waals surface area (Å²) in [5.41, 5.74) is 0. The molecule has 1 N–H and O–H groups in total. The van der Waals surface area contributed by atoms with Gasteiger partial charge in [0, 0.05) is 0 Å². The van der Waals surface area contributed by atoms with E-state index in [1.165, 1.54) is 0 Å². The zero-order valence-corrected chi connectivity index (χ0v) is 6.49. The van der Waals surface area contributed by atoms with Crippen molar-refractivity contribution < 1.29 is 34.7 Å². The topological polar surface area (TPSA) is 37.3 Å². The van der Waals surface area contributed by atoms with Crippen molar-refractivity contribution >= 4 is 5.97 Å². The number of aliphatic carboxylic acids is 1. The molecule has 0 aromatic rings. The number of rotatable bonds is 0. The summed E-state index contributed by atoms with van der Waals surface area (Å²) in [7, 11) is 0. The average Bonchev–Trinajstić information content (AvgIpc) is 1.33. The molecule has 0 heterocycles. The summed E-state index contributed by atoms with van der Waals surface area (Å²) in [4.78, 5) is 8.89. The monoisotopic (exact) mass is 161 g/mol. The van der Waals surface area contributed by atoms with Crippen molar-refractivity contribution in [2.75, 3.05) is 0 Å². The first kappa shape index (κ1) is 10.0. The number of carboxylic acids is 1. The van der Waals surface area contributed by atoms with Gasteiger partial charge in [-0.15, -0.1) is 0 Å². The molecule has 0 spiro atoms. The molecule has 0 aliphatic rings. The Morgan fingerprint density at radius 2 is 1.71 bits per heavy atom. The molecule has 0 unspecified atom stereocenters. The minimum atomic E-state index is -2.88. The Kier molecular flexibility index (Phi) is 13.4. The molecular formula is C2H3F2O2Zn. The van der Waals surface area contributed by atoms with Crippen LogP contribution in [0.2, 0.25) is 0 Å². The molecular weight excluding hydrogens is 159 g/mol. The summed E-state index contributed by atoms with van der Waals surface area (Å²) in [5.74, 6) is -1.08. The van der Waals surface area contributed by atoms with Crippen LogP contribution in [0.25, 0.3) is 0 Å². The van der Waals surface area contributed by atoms with Crippen molar-refractivity contribution in [2.45, 2.75) is 0 Å². The van der Waals surface area contributed by atoms with E-state index in [4.69, 9.17) is 9.90 Å². The van der Waals surface area contributed by atoms with Gasteiger partial charge in [0.2, 0.25) is 0 Å². The van der Waals surface area contributed by atoms with Crippen molar-refractivity contribution in [3.63, 3.8) is 0 Å². The summed E-state index contributed by atoms with van der Waals surface area (Å²) >= 11 is -2.88. The van der Waals surface area contributed by atoms with Crippen molar-refractivity contribution in [3.05, 3.63) is 6.92 Å². The molecule has 0 saturated carbocycles. The molecule has 0 aliphatic heterocycles. The zero-order chi connectivity index (χ0) is 6.28. The van der Waals surface area contributed by atoms with E-state index in [1.54, 1.807) is 0 Å². The third kappa shape index (κ3) is 42800. The Morgan fingerprint density at radius 3 is 1.71 bits per heavy atom. The van der Waals surface area contributed by atoms with Crippen LogP contribution in [0.1, 0.15) is 0 Å². The Bertz CT molecular complexity index is 45.0. The predicted octanol–water partition coefficient (Wildman–Crippen LogP) is 0.743. The third-order valence-corrected chi connectivity index (χ3v) is 0. The number of hydrogen-bond donors (Lipinski definition) is 1. The van der Waals surface area contributed by atoms with Crippen LogP contribution < -0.4 is 0 Å². The molecule has 0 aliphatic carbocycles. The number of halogens is 2. The summed E-state index contributed by atoms with van der Waals surface area (Å²) in [5, 5.41) is 7.31. The van der Waals surface area contributed by atoms with Gasteiger partial charge in [-0.2, -0.15) is 0 Å². The van der Waals surface area contributed by atoms with E-state index in [9.17, 15) is 6.63 Å². The van der Waals surface area contributed by atoms with Crippen LogP contribution in [0.3, 0.4) is 0 Å². The van der Waals surface area contributed by atoms with E-state index in [1.807, 2.05) is 0 Å². The molecule has 0 bridgehead atoms. The summed E-state index contributed by atoms with van der Waals surface area (Å²) in [6.45, 7) is 2.56. The molecule has 2 nitrogen and oxygen atoms in total. The number of carbonyl (C=O) groups is 1. The number of hydrogen-bond acceptors (Lipinski definition) is 1. The van der Waals surface area contributed by atoms with E-state index in [2.05, 4.69) is 6.92 Å². The average molecular weight is 162 g/mol. The van der Waals surface area contributed by atoms with E-state index >= 15 is 0 Å². The van der Waals surface area contributed by atoms with Gasteiger partial charge in [0.25, 0.3) is 0 Å². The summed E-state index contributed by atoms with van der Waals surface area (Å²) in [6.07, 6.45) is 0. The first-order valence-electron chi connectivity index (χ1n) is 1.32. The second-order valence-electron chi connectivity index (χ2n) is 0.495. The van der Waals surface area contributed by atoms with Gasteiger partial charge in [0.05, 0.1) is 6.92 Å². The molecule has 39 valence electrons. The van der Waals surface area contributed by atoms with Gasteiger partial charge in [0.15, 0.2) is 0 Å². The molecule has 0 aromatic carbocycles. The Balaban J connectivity index is 0. The molecule has 0 saturated heterocycles. The predicted molar refractivity (Wildman–Crippen MR) is 15.2 cm³/mol. The van der Waals surface area contributed by atoms with Crippen LogP contribution in [0.15, 0.2) is 0 Å². The van der Waals surface area contributed by atoms with Gasteiger partial charge in [-0.25, -0.2) is 0 Å². The Morgan fingerprint density at radius 1 is 1.71 bits per heavy atom. The standard InChI is InChI=1S/C2H3O2.2FH.Zn/c1-2(3)4;;;/h1H2,(H,3,4);2*1H;/q;;;+2/p-2. The summed E-state index contributed by atoms with van der Waals surface area (Å²) in [6, 6.07) is 0. The van der Waals surface area contributed by atoms with E-state index in [-0.39, 0.29) is 0 Å².